The Kier molecular flexibility index (Phi) is 10.4. The first-order chi connectivity index (χ1) is 25.3. The topological polar surface area (TPSA) is 147 Å². The highest BCUT2D eigenvalue weighted by molar-refractivity contribution is 7.09. The first-order valence-electron chi connectivity index (χ1n) is 15.6. The van der Waals surface area contributed by atoms with Crippen LogP contribution < -0.4 is 37.9 Å². The molecule has 52 heavy (non-hydrogen) atoms. The molecule has 2 heterocycles. The molecule has 6 rings (SSSR count). The van der Waals surface area contributed by atoms with Crippen molar-refractivity contribution in [3.63, 3.8) is 0 Å². The Labute approximate surface area is 303 Å². The second-order valence-corrected chi connectivity index (χ2v) is 11.7. The number of ether oxygens (including phenoxy) is 8. The summed E-state index contributed by atoms with van der Waals surface area (Å²) in [7, 11) is 12.2. The van der Waals surface area contributed by atoms with Crippen LogP contribution in [0.4, 0.5) is 0 Å². The minimum absolute atomic E-state index is 0.240. The summed E-state index contributed by atoms with van der Waals surface area (Å²) >= 11 is 1.25. The van der Waals surface area contributed by atoms with Crippen LogP contribution in [0.3, 0.4) is 0 Å². The van der Waals surface area contributed by atoms with Gasteiger partial charge in [-0.2, -0.15) is 9.06 Å². The van der Waals surface area contributed by atoms with Gasteiger partial charge in [-0.3, -0.25) is 4.79 Å². The lowest BCUT2D eigenvalue weighted by Crippen LogP contribution is -2.15. The smallest absolute Gasteiger partial charge is 0.280 e. The SMILES string of the molecule is COc1cc(OC)cc(C(=O)n2nc(-c3ccc(-c4nc(-c5cc(OC)c(OC)c(OC)c5)ns4)cc3)nc2-c2cc(OC)c(OC)c(OC)c2)c1. The lowest BCUT2D eigenvalue weighted by Gasteiger charge is -2.14. The molecule has 268 valence electrons. The largest absolute Gasteiger partial charge is 0.497 e. The maximum Gasteiger partial charge on any atom is 0.280 e. The number of hydrogen-bond acceptors (Lipinski definition) is 14. The van der Waals surface area contributed by atoms with Crippen LogP contribution >= 0.6 is 11.5 Å². The second-order valence-electron chi connectivity index (χ2n) is 10.9. The zero-order chi connectivity index (χ0) is 36.9. The highest BCUT2D eigenvalue weighted by atomic mass is 32.1. The monoisotopic (exact) mass is 725 g/mol. The van der Waals surface area contributed by atoms with Crippen LogP contribution in [0.1, 0.15) is 10.4 Å². The van der Waals surface area contributed by atoms with Gasteiger partial charge in [0.2, 0.25) is 11.5 Å². The Morgan fingerprint density at radius 3 is 1.52 bits per heavy atom. The maximum atomic E-state index is 14.2. The third-order valence-electron chi connectivity index (χ3n) is 8.06. The Morgan fingerprint density at radius 1 is 0.538 bits per heavy atom. The van der Waals surface area contributed by atoms with Crippen molar-refractivity contribution < 1.29 is 42.7 Å². The van der Waals surface area contributed by atoms with Gasteiger partial charge in [0.05, 0.1) is 56.9 Å². The van der Waals surface area contributed by atoms with Crippen molar-refractivity contribution in [2.75, 3.05) is 56.9 Å². The summed E-state index contributed by atoms with van der Waals surface area (Å²) in [6.45, 7) is 0. The van der Waals surface area contributed by atoms with E-state index in [1.54, 1.807) is 63.8 Å². The highest BCUT2D eigenvalue weighted by Crippen LogP contribution is 2.43. The van der Waals surface area contributed by atoms with E-state index in [9.17, 15) is 4.79 Å². The van der Waals surface area contributed by atoms with Crippen LogP contribution in [-0.4, -0.2) is 86.9 Å². The number of carbonyl (C=O) groups is 1. The van der Waals surface area contributed by atoms with Crippen LogP contribution in [0.5, 0.6) is 46.0 Å². The van der Waals surface area contributed by atoms with Crippen molar-refractivity contribution in [1.82, 2.24) is 24.1 Å². The predicted molar refractivity (Wildman–Crippen MR) is 194 cm³/mol. The molecule has 0 aliphatic heterocycles. The van der Waals surface area contributed by atoms with Crippen LogP contribution in [0, 0.1) is 0 Å². The Bertz CT molecular complexity index is 2160. The minimum Gasteiger partial charge on any atom is -0.497 e. The first kappa shape index (κ1) is 35.5. The number of rotatable bonds is 13. The summed E-state index contributed by atoms with van der Waals surface area (Å²) < 4.78 is 49.8. The average molecular weight is 726 g/mol. The van der Waals surface area contributed by atoms with E-state index >= 15 is 0 Å². The van der Waals surface area contributed by atoms with E-state index in [0.29, 0.717) is 79.3 Å². The molecule has 2 aromatic heterocycles. The van der Waals surface area contributed by atoms with Gasteiger partial charge < -0.3 is 37.9 Å². The number of carbonyl (C=O) groups excluding carboxylic acids is 1. The van der Waals surface area contributed by atoms with E-state index in [0.717, 1.165) is 5.56 Å². The molecular formula is C37H35N5O9S. The van der Waals surface area contributed by atoms with Crippen LogP contribution in [0.2, 0.25) is 0 Å². The molecule has 0 atom stereocenters. The molecule has 0 saturated heterocycles. The molecule has 0 unspecified atom stereocenters. The molecule has 0 radical (unpaired) electrons. The van der Waals surface area contributed by atoms with Gasteiger partial charge in [-0.15, -0.1) is 5.10 Å². The van der Waals surface area contributed by atoms with Crippen molar-refractivity contribution >= 4 is 17.4 Å². The van der Waals surface area contributed by atoms with E-state index < -0.39 is 5.91 Å². The van der Waals surface area contributed by atoms with Gasteiger partial charge in [-0.05, 0) is 47.9 Å². The first-order valence-corrected chi connectivity index (χ1v) is 16.4. The van der Waals surface area contributed by atoms with Gasteiger partial charge in [-0.1, -0.05) is 24.3 Å². The summed E-state index contributed by atoms with van der Waals surface area (Å²) in [6.07, 6.45) is 0. The van der Waals surface area contributed by atoms with E-state index in [-0.39, 0.29) is 11.4 Å². The zero-order valence-corrected chi connectivity index (χ0v) is 30.5. The third-order valence-corrected chi connectivity index (χ3v) is 8.82. The standard InChI is InChI=1S/C37H35N5O9S/c1-44-25-13-24(14-26(19-25)45-2)37(43)42-35(23-17-29(48-5)32(51-8)30(18-23)49-6)38-33(40-42)20-9-11-21(12-10-20)36-39-34(41-52-36)22-15-27(46-3)31(50-7)28(16-22)47-4/h9-19H,1-8H3. The molecule has 0 fully saturated rings. The number of benzene rings is 4. The van der Waals surface area contributed by atoms with E-state index in [4.69, 9.17) is 53.0 Å². The maximum absolute atomic E-state index is 14.2. The molecule has 0 N–H and O–H groups in total. The van der Waals surface area contributed by atoms with Gasteiger partial charge in [0, 0.05) is 33.9 Å². The van der Waals surface area contributed by atoms with Crippen molar-refractivity contribution in [3.8, 4) is 90.7 Å². The molecule has 14 nitrogen and oxygen atoms in total. The molecule has 0 aliphatic rings. The van der Waals surface area contributed by atoms with E-state index in [2.05, 4.69) is 4.37 Å². The molecular weight excluding hydrogens is 691 g/mol. The molecule has 15 heteroatoms. The van der Waals surface area contributed by atoms with Crippen molar-refractivity contribution in [1.29, 1.82) is 0 Å². The van der Waals surface area contributed by atoms with E-state index in [1.807, 2.05) is 24.3 Å². The van der Waals surface area contributed by atoms with Gasteiger partial charge in [0.1, 0.15) is 16.5 Å². The van der Waals surface area contributed by atoms with Crippen molar-refractivity contribution in [3.05, 3.63) is 72.3 Å². The fraction of sp³-hybridized carbons (Fsp3) is 0.216. The quantitative estimate of drug-likeness (QED) is 0.127. The van der Waals surface area contributed by atoms with Crippen LogP contribution in [-0.2, 0) is 0 Å². The average Bonchev–Trinajstić information content (AvgIpc) is 3.88. The fourth-order valence-corrected chi connectivity index (χ4v) is 6.14. The molecule has 0 spiro atoms. The van der Waals surface area contributed by atoms with E-state index in [1.165, 1.54) is 51.8 Å². The Balaban J connectivity index is 1.40. The van der Waals surface area contributed by atoms with Gasteiger partial charge in [0.15, 0.2) is 40.5 Å². The summed E-state index contributed by atoms with van der Waals surface area (Å²) in [6, 6.07) is 19.4. The summed E-state index contributed by atoms with van der Waals surface area (Å²) in [5.41, 5.74) is 2.96. The van der Waals surface area contributed by atoms with Crippen LogP contribution in [0.25, 0.3) is 44.7 Å². The lowest BCUT2D eigenvalue weighted by molar-refractivity contribution is 0.0946. The lowest BCUT2D eigenvalue weighted by atomic mass is 10.1. The molecule has 0 saturated carbocycles. The Morgan fingerprint density at radius 2 is 1.04 bits per heavy atom. The summed E-state index contributed by atoms with van der Waals surface area (Å²) in [5.74, 6) is 4.11. The zero-order valence-electron chi connectivity index (χ0n) is 29.7. The summed E-state index contributed by atoms with van der Waals surface area (Å²) in [4.78, 5) is 23.8. The molecule has 0 aliphatic carbocycles. The van der Waals surface area contributed by atoms with Crippen LogP contribution in [0.15, 0.2) is 66.7 Å². The van der Waals surface area contributed by atoms with Crippen molar-refractivity contribution in [2.45, 2.75) is 0 Å². The van der Waals surface area contributed by atoms with Gasteiger partial charge in [-0.25, -0.2) is 9.97 Å². The molecule has 0 amide bonds. The molecule has 0 bridgehead atoms. The van der Waals surface area contributed by atoms with Crippen molar-refractivity contribution in [2.24, 2.45) is 0 Å². The number of methoxy groups -OCH3 is 8. The Hall–Kier alpha value is -6.35. The van der Waals surface area contributed by atoms with Gasteiger partial charge >= 0.3 is 0 Å². The number of nitrogens with zero attached hydrogens (tertiary/aromatic N) is 5. The number of aromatic nitrogens is 5. The van der Waals surface area contributed by atoms with Gasteiger partial charge in [0.25, 0.3) is 5.91 Å². The molecule has 4 aromatic carbocycles. The molecule has 6 aromatic rings. The fourth-order valence-electron chi connectivity index (χ4n) is 5.46. The highest BCUT2D eigenvalue weighted by Gasteiger charge is 2.25. The second kappa shape index (κ2) is 15.3. The number of hydrogen-bond donors (Lipinski definition) is 0. The summed E-state index contributed by atoms with van der Waals surface area (Å²) in [5, 5.41) is 5.38. The predicted octanol–water partition coefficient (Wildman–Crippen LogP) is 6.55. The third kappa shape index (κ3) is 6.73. The minimum atomic E-state index is -0.468. The normalized spacial score (nSPS) is 10.8.